The molecule has 4 heteroatoms. The molecule has 4 nitrogen and oxygen atoms in total. The number of hydrogen-bond donors (Lipinski definition) is 3. The Labute approximate surface area is 91.4 Å². The van der Waals surface area contributed by atoms with Gasteiger partial charge in [0, 0.05) is 24.5 Å². The molecule has 0 aromatic heterocycles. The van der Waals surface area contributed by atoms with Crippen LogP contribution >= 0.6 is 0 Å². The number of hydrogen-bond acceptors (Lipinski definition) is 3. The smallest absolute Gasteiger partial charge is 0.303 e. The zero-order valence-corrected chi connectivity index (χ0v) is 9.84. The van der Waals surface area contributed by atoms with Crippen molar-refractivity contribution in [3.05, 3.63) is 0 Å². The normalized spacial score (nSPS) is 27.7. The molecule has 1 saturated heterocycles. The fraction of sp³-hybridized carbons (Fsp3) is 0.909. The molecule has 0 spiro atoms. The number of nitrogens with one attached hydrogen (secondary N) is 2. The summed E-state index contributed by atoms with van der Waals surface area (Å²) in [5.74, 6) is -0.439. The van der Waals surface area contributed by atoms with Gasteiger partial charge in [-0.2, -0.15) is 0 Å². The number of carbonyl (C=O) groups is 1. The van der Waals surface area contributed by atoms with Crippen molar-refractivity contribution in [2.75, 3.05) is 13.1 Å². The van der Waals surface area contributed by atoms with Crippen LogP contribution in [0, 0.1) is 5.92 Å². The molecule has 0 aliphatic carbocycles. The van der Waals surface area contributed by atoms with Gasteiger partial charge in [-0.25, -0.2) is 0 Å². The Morgan fingerprint density at radius 3 is 2.73 bits per heavy atom. The molecular weight excluding hydrogens is 192 g/mol. The Balaban J connectivity index is 2.53. The SMILES string of the molecule is CC(C)(C)NC1CNCCC1CC(=O)O. The van der Waals surface area contributed by atoms with Crippen LogP contribution in [-0.4, -0.2) is 35.7 Å². The minimum atomic E-state index is -0.692. The van der Waals surface area contributed by atoms with Crippen molar-refractivity contribution in [2.24, 2.45) is 5.92 Å². The Morgan fingerprint density at radius 1 is 1.53 bits per heavy atom. The topological polar surface area (TPSA) is 61.4 Å². The molecule has 1 fully saturated rings. The second-order valence-corrected chi connectivity index (χ2v) is 5.35. The van der Waals surface area contributed by atoms with E-state index in [0.29, 0.717) is 0 Å². The summed E-state index contributed by atoms with van der Waals surface area (Å²) in [6.45, 7) is 8.13. The highest BCUT2D eigenvalue weighted by atomic mass is 16.4. The summed E-state index contributed by atoms with van der Waals surface area (Å²) < 4.78 is 0. The predicted octanol–water partition coefficient (Wildman–Crippen LogP) is 0.827. The van der Waals surface area contributed by atoms with E-state index in [9.17, 15) is 4.79 Å². The molecule has 0 saturated carbocycles. The van der Waals surface area contributed by atoms with Gasteiger partial charge in [0.15, 0.2) is 0 Å². The maximum Gasteiger partial charge on any atom is 0.303 e. The van der Waals surface area contributed by atoms with Crippen LogP contribution in [0.3, 0.4) is 0 Å². The van der Waals surface area contributed by atoms with Gasteiger partial charge in [-0.3, -0.25) is 4.79 Å². The fourth-order valence-corrected chi connectivity index (χ4v) is 2.11. The Kier molecular flexibility index (Phi) is 4.11. The maximum atomic E-state index is 10.7. The van der Waals surface area contributed by atoms with E-state index in [4.69, 9.17) is 5.11 Å². The molecular formula is C11H22N2O2. The molecule has 0 aromatic rings. The average molecular weight is 214 g/mol. The van der Waals surface area contributed by atoms with Gasteiger partial charge in [-0.1, -0.05) is 0 Å². The van der Waals surface area contributed by atoms with Crippen LogP contribution in [0.5, 0.6) is 0 Å². The molecule has 88 valence electrons. The first kappa shape index (κ1) is 12.5. The average Bonchev–Trinajstić information content (AvgIpc) is 2.05. The third-order valence-electron chi connectivity index (χ3n) is 2.68. The largest absolute Gasteiger partial charge is 0.481 e. The number of rotatable bonds is 3. The van der Waals surface area contributed by atoms with E-state index >= 15 is 0 Å². The highest BCUT2D eigenvalue weighted by Gasteiger charge is 2.29. The number of carboxylic acids is 1. The van der Waals surface area contributed by atoms with Crippen LogP contribution in [0.1, 0.15) is 33.6 Å². The van der Waals surface area contributed by atoms with Gasteiger partial charge in [-0.15, -0.1) is 0 Å². The molecule has 1 aliphatic rings. The summed E-state index contributed by atoms with van der Waals surface area (Å²) in [5, 5.41) is 15.6. The van der Waals surface area contributed by atoms with Crippen molar-refractivity contribution in [1.82, 2.24) is 10.6 Å². The molecule has 0 bridgehead atoms. The number of piperidine rings is 1. The van der Waals surface area contributed by atoms with Crippen LogP contribution in [0.4, 0.5) is 0 Å². The van der Waals surface area contributed by atoms with Crippen molar-refractivity contribution < 1.29 is 9.90 Å². The van der Waals surface area contributed by atoms with E-state index in [1.165, 1.54) is 0 Å². The Morgan fingerprint density at radius 2 is 2.20 bits per heavy atom. The van der Waals surface area contributed by atoms with E-state index in [0.717, 1.165) is 19.5 Å². The summed E-state index contributed by atoms with van der Waals surface area (Å²) in [6.07, 6.45) is 1.22. The molecule has 2 atom stereocenters. The lowest BCUT2D eigenvalue weighted by molar-refractivity contribution is -0.138. The van der Waals surface area contributed by atoms with Gasteiger partial charge in [0.05, 0.1) is 0 Å². The summed E-state index contributed by atoms with van der Waals surface area (Å²) in [4.78, 5) is 10.7. The number of aliphatic carboxylic acids is 1. The van der Waals surface area contributed by atoms with Crippen molar-refractivity contribution in [2.45, 2.75) is 45.2 Å². The Bertz CT molecular complexity index is 223. The Hall–Kier alpha value is -0.610. The summed E-state index contributed by atoms with van der Waals surface area (Å²) in [6, 6.07) is 0.273. The first-order valence-electron chi connectivity index (χ1n) is 5.59. The molecule has 1 heterocycles. The minimum absolute atomic E-state index is 0.0421. The standard InChI is InChI=1S/C11H22N2O2/c1-11(2,3)13-9-7-12-5-4-8(9)6-10(14)15/h8-9,12-13H,4-7H2,1-3H3,(H,14,15). The van der Waals surface area contributed by atoms with E-state index < -0.39 is 5.97 Å². The van der Waals surface area contributed by atoms with Crippen LogP contribution in [0.2, 0.25) is 0 Å². The van der Waals surface area contributed by atoms with Gasteiger partial charge in [-0.05, 0) is 39.7 Å². The molecule has 0 aromatic carbocycles. The van der Waals surface area contributed by atoms with E-state index in [-0.39, 0.29) is 23.9 Å². The summed E-state index contributed by atoms with van der Waals surface area (Å²) in [5.41, 5.74) is 0.0421. The highest BCUT2D eigenvalue weighted by Crippen LogP contribution is 2.19. The van der Waals surface area contributed by atoms with E-state index in [1.807, 2.05) is 0 Å². The van der Waals surface area contributed by atoms with Crippen molar-refractivity contribution >= 4 is 5.97 Å². The summed E-state index contributed by atoms with van der Waals surface area (Å²) >= 11 is 0. The van der Waals surface area contributed by atoms with Crippen LogP contribution in [-0.2, 0) is 4.79 Å². The minimum Gasteiger partial charge on any atom is -0.481 e. The van der Waals surface area contributed by atoms with Gasteiger partial charge < -0.3 is 15.7 Å². The quantitative estimate of drug-likeness (QED) is 0.651. The zero-order valence-electron chi connectivity index (χ0n) is 9.84. The summed E-state index contributed by atoms with van der Waals surface area (Å²) in [7, 11) is 0. The van der Waals surface area contributed by atoms with Gasteiger partial charge >= 0.3 is 5.97 Å². The second kappa shape index (κ2) is 4.94. The molecule has 2 unspecified atom stereocenters. The highest BCUT2D eigenvalue weighted by molar-refractivity contribution is 5.67. The zero-order chi connectivity index (χ0) is 11.5. The maximum absolute atomic E-state index is 10.7. The molecule has 0 radical (unpaired) electrons. The van der Waals surface area contributed by atoms with Crippen LogP contribution < -0.4 is 10.6 Å². The van der Waals surface area contributed by atoms with E-state index in [2.05, 4.69) is 31.4 Å². The van der Waals surface area contributed by atoms with Gasteiger partial charge in [0.1, 0.15) is 0 Å². The third kappa shape index (κ3) is 4.62. The first-order chi connectivity index (χ1) is 6.88. The molecule has 0 amide bonds. The fourth-order valence-electron chi connectivity index (χ4n) is 2.11. The predicted molar refractivity (Wildman–Crippen MR) is 59.9 cm³/mol. The van der Waals surface area contributed by atoms with Gasteiger partial charge in [0.2, 0.25) is 0 Å². The number of carboxylic acid groups (broad SMARTS) is 1. The van der Waals surface area contributed by atoms with E-state index in [1.54, 1.807) is 0 Å². The monoisotopic (exact) mass is 214 g/mol. The molecule has 15 heavy (non-hydrogen) atoms. The van der Waals surface area contributed by atoms with Gasteiger partial charge in [0.25, 0.3) is 0 Å². The van der Waals surface area contributed by atoms with Crippen LogP contribution in [0.25, 0.3) is 0 Å². The molecule has 1 rings (SSSR count). The lowest BCUT2D eigenvalue weighted by Crippen LogP contribution is -2.55. The third-order valence-corrected chi connectivity index (χ3v) is 2.68. The van der Waals surface area contributed by atoms with Crippen molar-refractivity contribution in [1.29, 1.82) is 0 Å². The lowest BCUT2D eigenvalue weighted by Gasteiger charge is -2.37. The molecule has 1 aliphatic heterocycles. The van der Waals surface area contributed by atoms with Crippen LogP contribution in [0.15, 0.2) is 0 Å². The van der Waals surface area contributed by atoms with Crippen molar-refractivity contribution in [3.63, 3.8) is 0 Å². The van der Waals surface area contributed by atoms with Crippen molar-refractivity contribution in [3.8, 4) is 0 Å². The molecule has 3 N–H and O–H groups in total. The first-order valence-corrected chi connectivity index (χ1v) is 5.59. The second-order valence-electron chi connectivity index (χ2n) is 5.35. The lowest BCUT2D eigenvalue weighted by atomic mass is 9.88.